The topological polar surface area (TPSA) is 0 Å². The molecule has 3 atom stereocenters. The molecule has 0 heteroatoms. The lowest BCUT2D eigenvalue weighted by atomic mass is 9.90. The maximum absolute atomic E-state index is 2.48. The van der Waals surface area contributed by atoms with Crippen LogP contribution in [0.4, 0.5) is 0 Å². The SMILES string of the molecule is CC.CC.CC.Cc1c(C2=CC=CCC=C2)cccc1C1=CC2C(C)C2C=C1. The number of benzene rings is 1. The molecule has 0 amide bonds. The molecule has 0 heterocycles. The van der Waals surface area contributed by atoms with Gasteiger partial charge in [0, 0.05) is 0 Å². The summed E-state index contributed by atoms with van der Waals surface area (Å²) < 4.78 is 0. The predicted octanol–water partition coefficient (Wildman–Crippen LogP) is 8.81. The zero-order chi connectivity index (χ0) is 21.1. The third-order valence-corrected chi connectivity index (χ3v) is 5.33. The van der Waals surface area contributed by atoms with E-state index in [1.165, 1.54) is 27.8 Å². The summed E-state index contributed by atoms with van der Waals surface area (Å²) in [5.41, 5.74) is 6.83. The van der Waals surface area contributed by atoms with Crippen molar-refractivity contribution in [2.75, 3.05) is 0 Å². The zero-order valence-corrected chi connectivity index (χ0v) is 19.3. The third kappa shape index (κ3) is 5.47. The molecule has 0 N–H and O–H groups in total. The number of rotatable bonds is 2. The molecule has 1 aromatic carbocycles. The van der Waals surface area contributed by atoms with Gasteiger partial charge in [0.05, 0.1) is 0 Å². The van der Waals surface area contributed by atoms with Crippen LogP contribution in [0.15, 0.2) is 66.8 Å². The van der Waals surface area contributed by atoms with Crippen molar-refractivity contribution >= 4 is 11.1 Å². The highest BCUT2D eigenvalue weighted by Crippen LogP contribution is 2.52. The summed E-state index contributed by atoms with van der Waals surface area (Å²) >= 11 is 0. The lowest BCUT2D eigenvalue weighted by Gasteiger charge is -2.14. The Morgan fingerprint density at radius 2 is 1.43 bits per heavy atom. The van der Waals surface area contributed by atoms with Gasteiger partial charge in [0.2, 0.25) is 0 Å². The molecule has 3 unspecified atom stereocenters. The van der Waals surface area contributed by atoms with E-state index in [1.54, 1.807) is 0 Å². The molecule has 3 aliphatic carbocycles. The molecule has 0 bridgehead atoms. The van der Waals surface area contributed by atoms with Crippen LogP contribution in [-0.2, 0) is 0 Å². The molecule has 0 aliphatic heterocycles. The van der Waals surface area contributed by atoms with Crippen molar-refractivity contribution in [3.05, 3.63) is 83.5 Å². The minimum atomic E-state index is 0.767. The zero-order valence-electron chi connectivity index (χ0n) is 19.3. The van der Waals surface area contributed by atoms with Gasteiger partial charge in [-0.2, -0.15) is 0 Å². The summed E-state index contributed by atoms with van der Waals surface area (Å²) in [4.78, 5) is 0. The van der Waals surface area contributed by atoms with E-state index in [-0.39, 0.29) is 0 Å². The average molecular weight is 377 g/mol. The van der Waals surface area contributed by atoms with Gasteiger partial charge >= 0.3 is 0 Å². The van der Waals surface area contributed by atoms with Crippen LogP contribution in [0.25, 0.3) is 11.1 Å². The van der Waals surface area contributed by atoms with E-state index in [0.717, 1.165) is 24.2 Å². The van der Waals surface area contributed by atoms with Crippen LogP contribution in [0.3, 0.4) is 0 Å². The number of hydrogen-bond donors (Lipinski definition) is 0. The lowest BCUT2D eigenvalue weighted by molar-refractivity contribution is 0.885. The van der Waals surface area contributed by atoms with Crippen molar-refractivity contribution in [1.82, 2.24) is 0 Å². The Labute approximate surface area is 174 Å². The summed E-state index contributed by atoms with van der Waals surface area (Å²) in [6.07, 6.45) is 19.3. The van der Waals surface area contributed by atoms with Gasteiger partial charge in [-0.25, -0.2) is 0 Å². The van der Waals surface area contributed by atoms with Gasteiger partial charge in [-0.15, -0.1) is 0 Å². The molecule has 3 aliphatic rings. The monoisotopic (exact) mass is 376 g/mol. The summed E-state index contributed by atoms with van der Waals surface area (Å²) in [7, 11) is 0. The number of hydrogen-bond acceptors (Lipinski definition) is 0. The molecule has 0 radical (unpaired) electrons. The largest absolute Gasteiger partial charge is 0.0807 e. The second-order valence-electron chi connectivity index (χ2n) is 6.66. The Hall–Kier alpha value is -2.08. The average Bonchev–Trinajstić information content (AvgIpc) is 3.50. The third-order valence-electron chi connectivity index (χ3n) is 5.33. The van der Waals surface area contributed by atoms with Gasteiger partial charge < -0.3 is 0 Å². The molecule has 28 heavy (non-hydrogen) atoms. The molecule has 1 saturated carbocycles. The second-order valence-corrected chi connectivity index (χ2v) is 6.66. The molecule has 4 rings (SSSR count). The first-order chi connectivity index (χ1) is 13.8. The molecular formula is C28H40. The summed E-state index contributed by atoms with van der Waals surface area (Å²) in [5.74, 6) is 2.39. The van der Waals surface area contributed by atoms with Crippen LogP contribution < -0.4 is 0 Å². The Bertz CT molecular complexity index is 752. The molecule has 0 saturated heterocycles. The Balaban J connectivity index is 0.000000599. The van der Waals surface area contributed by atoms with Crippen molar-refractivity contribution < 1.29 is 0 Å². The van der Waals surface area contributed by atoms with Crippen LogP contribution in [0.2, 0.25) is 0 Å². The normalized spacial score (nSPS) is 23.2. The number of fused-ring (bicyclic) bond motifs is 1. The van der Waals surface area contributed by atoms with Crippen molar-refractivity contribution in [3.63, 3.8) is 0 Å². The number of allylic oxidation sites excluding steroid dienone is 10. The van der Waals surface area contributed by atoms with E-state index in [1.807, 2.05) is 41.5 Å². The smallest absolute Gasteiger partial charge is 0.0127 e. The maximum Gasteiger partial charge on any atom is -0.0127 e. The molecule has 0 nitrogen and oxygen atoms in total. The lowest BCUT2D eigenvalue weighted by Crippen LogP contribution is -1.95. The molecule has 1 fully saturated rings. The van der Waals surface area contributed by atoms with Crippen molar-refractivity contribution in [2.24, 2.45) is 17.8 Å². The van der Waals surface area contributed by atoms with Crippen molar-refractivity contribution in [3.8, 4) is 0 Å². The Morgan fingerprint density at radius 3 is 2.07 bits per heavy atom. The van der Waals surface area contributed by atoms with Crippen LogP contribution in [0, 0.1) is 24.7 Å². The fourth-order valence-electron chi connectivity index (χ4n) is 3.77. The first-order valence-electron chi connectivity index (χ1n) is 11.3. The minimum absolute atomic E-state index is 0.767. The highest BCUT2D eigenvalue weighted by atomic mass is 14.5. The van der Waals surface area contributed by atoms with Crippen molar-refractivity contribution in [1.29, 1.82) is 0 Å². The quantitative estimate of drug-likeness (QED) is 0.483. The standard InChI is InChI=1S/C22H22.3C2H6/c1-15-19(17-8-5-3-4-6-9-17)10-7-11-20(15)18-12-13-21-16(2)22(21)14-18;3*1-2/h3,5-14,16,21-22H,4H2,1-2H3;3*1-2H3. The van der Waals surface area contributed by atoms with E-state index in [0.29, 0.717) is 0 Å². The highest BCUT2D eigenvalue weighted by molar-refractivity contribution is 5.84. The first-order valence-corrected chi connectivity index (χ1v) is 11.3. The summed E-state index contributed by atoms with van der Waals surface area (Å²) in [6.45, 7) is 16.6. The van der Waals surface area contributed by atoms with Crippen LogP contribution in [-0.4, -0.2) is 0 Å². The molecule has 1 aromatic rings. The van der Waals surface area contributed by atoms with E-state index < -0.39 is 0 Å². The van der Waals surface area contributed by atoms with Gasteiger partial charge in [0.1, 0.15) is 0 Å². The second kappa shape index (κ2) is 12.4. The predicted molar refractivity (Wildman–Crippen MR) is 129 cm³/mol. The fourth-order valence-corrected chi connectivity index (χ4v) is 3.77. The van der Waals surface area contributed by atoms with Crippen LogP contribution >= 0.6 is 0 Å². The molecular weight excluding hydrogens is 336 g/mol. The first kappa shape index (κ1) is 24.0. The van der Waals surface area contributed by atoms with E-state index >= 15 is 0 Å². The van der Waals surface area contributed by atoms with Gasteiger partial charge in [-0.05, 0) is 58.9 Å². The van der Waals surface area contributed by atoms with Crippen LogP contribution in [0.1, 0.15) is 71.6 Å². The fraction of sp³-hybridized carbons (Fsp3) is 0.429. The summed E-state index contributed by atoms with van der Waals surface area (Å²) in [6, 6.07) is 6.70. The molecule has 0 aromatic heterocycles. The van der Waals surface area contributed by atoms with Crippen molar-refractivity contribution in [2.45, 2.75) is 61.8 Å². The molecule has 0 spiro atoms. The van der Waals surface area contributed by atoms with Crippen LogP contribution in [0.5, 0.6) is 0 Å². The van der Waals surface area contributed by atoms with Gasteiger partial charge in [-0.3, -0.25) is 0 Å². The van der Waals surface area contributed by atoms with Gasteiger partial charge in [-0.1, -0.05) is 115 Å². The summed E-state index contributed by atoms with van der Waals surface area (Å²) in [5, 5.41) is 0. The molecule has 152 valence electrons. The van der Waals surface area contributed by atoms with E-state index in [4.69, 9.17) is 0 Å². The van der Waals surface area contributed by atoms with Gasteiger partial charge in [0.25, 0.3) is 0 Å². The highest BCUT2D eigenvalue weighted by Gasteiger charge is 2.44. The maximum atomic E-state index is 2.48. The minimum Gasteiger partial charge on any atom is -0.0807 e. The van der Waals surface area contributed by atoms with Gasteiger partial charge in [0.15, 0.2) is 0 Å². The Morgan fingerprint density at radius 1 is 0.786 bits per heavy atom. The Kier molecular flexibility index (Phi) is 10.6. The van der Waals surface area contributed by atoms with E-state index in [9.17, 15) is 0 Å². The van der Waals surface area contributed by atoms with E-state index in [2.05, 4.69) is 80.7 Å².